The van der Waals surface area contributed by atoms with Gasteiger partial charge < -0.3 is 24.6 Å². The Balaban J connectivity index is 4.06. The average molecular weight is 871 g/mol. The molecule has 0 heterocycles. The maximum Gasteiger partial charge on any atom is 0.472 e. The van der Waals surface area contributed by atoms with Gasteiger partial charge in [0.15, 0.2) is 0 Å². The molecule has 3 atom stereocenters. The lowest BCUT2D eigenvalue weighted by Gasteiger charge is -2.20. The Labute approximate surface area is 369 Å². The van der Waals surface area contributed by atoms with Crippen LogP contribution in [0.2, 0.25) is 0 Å². The van der Waals surface area contributed by atoms with Gasteiger partial charge in [0, 0.05) is 13.0 Å². The first-order valence-electron chi connectivity index (χ1n) is 25.0. The fraction of sp³-hybridized carbons (Fsp3) is 0.860. The van der Waals surface area contributed by atoms with Gasteiger partial charge in [-0.25, -0.2) is 4.57 Å². The number of phosphoric acid groups is 1. The minimum absolute atomic E-state index is 0.0483. The summed E-state index contributed by atoms with van der Waals surface area (Å²) in [5.41, 5.74) is 0. The van der Waals surface area contributed by atoms with Crippen molar-refractivity contribution in [3.63, 3.8) is 0 Å². The molecule has 3 unspecified atom stereocenters. The Morgan fingerprint density at radius 1 is 0.517 bits per heavy atom. The van der Waals surface area contributed by atoms with Crippen molar-refractivity contribution in [2.45, 2.75) is 244 Å². The Kier molecular flexibility index (Phi) is 46.1. The second-order valence-corrected chi connectivity index (χ2v) is 18.3. The molecule has 0 bridgehead atoms. The van der Waals surface area contributed by atoms with Gasteiger partial charge in [0.05, 0.1) is 26.4 Å². The summed E-state index contributed by atoms with van der Waals surface area (Å²) in [6.45, 7) is 3.53. The van der Waals surface area contributed by atoms with E-state index in [9.17, 15) is 19.4 Å². The topological polar surface area (TPSA) is 132 Å². The summed E-state index contributed by atoms with van der Waals surface area (Å²) >= 11 is 0. The highest BCUT2D eigenvalue weighted by Crippen LogP contribution is 2.43. The normalized spacial score (nSPS) is 14.2. The van der Waals surface area contributed by atoms with E-state index in [1.165, 1.54) is 161 Å². The minimum Gasteiger partial charge on any atom is -0.457 e. The van der Waals surface area contributed by atoms with Gasteiger partial charge in [0.2, 0.25) is 0 Å². The van der Waals surface area contributed by atoms with Crippen molar-refractivity contribution < 1.29 is 43.0 Å². The van der Waals surface area contributed by atoms with E-state index >= 15 is 0 Å². The number of esters is 1. The van der Waals surface area contributed by atoms with Gasteiger partial charge in [-0.05, 0) is 51.4 Å². The Hall–Kier alpha value is -1.32. The van der Waals surface area contributed by atoms with Crippen molar-refractivity contribution in [2.75, 3.05) is 33.0 Å². The van der Waals surface area contributed by atoms with Gasteiger partial charge >= 0.3 is 13.8 Å². The molecule has 0 aromatic carbocycles. The predicted octanol–water partition coefficient (Wildman–Crippen LogP) is 14.4. The largest absolute Gasteiger partial charge is 0.472 e. The van der Waals surface area contributed by atoms with Crippen LogP contribution in [0.25, 0.3) is 0 Å². The molecule has 60 heavy (non-hydrogen) atoms. The lowest BCUT2D eigenvalue weighted by atomic mass is 10.0. The van der Waals surface area contributed by atoms with Gasteiger partial charge in [-0.2, -0.15) is 0 Å². The zero-order valence-electron chi connectivity index (χ0n) is 38.9. The van der Waals surface area contributed by atoms with Crippen LogP contribution in [-0.4, -0.2) is 66.3 Å². The highest BCUT2D eigenvalue weighted by molar-refractivity contribution is 7.47. The molecular formula is C50H95O9P. The van der Waals surface area contributed by atoms with Gasteiger partial charge in [-0.1, -0.05) is 211 Å². The number of phosphoric ester groups is 1. The molecule has 0 saturated heterocycles. The van der Waals surface area contributed by atoms with Crippen LogP contribution in [0.15, 0.2) is 36.5 Å². The van der Waals surface area contributed by atoms with E-state index in [2.05, 4.69) is 50.3 Å². The van der Waals surface area contributed by atoms with E-state index in [0.29, 0.717) is 6.61 Å². The van der Waals surface area contributed by atoms with Crippen LogP contribution < -0.4 is 0 Å². The van der Waals surface area contributed by atoms with Crippen LogP contribution in [0.1, 0.15) is 232 Å². The van der Waals surface area contributed by atoms with Crippen molar-refractivity contribution in [3.05, 3.63) is 36.5 Å². The standard InChI is InChI=1S/C50H95O9P/c1-3-5-7-9-11-13-15-17-19-20-21-22-23-24-25-26-27-29-31-33-35-37-39-41-43-56-46-49(47-58-60(54,55)57-45-48(52)44-51)59-50(53)42-40-38-36-34-32-30-28-18-16-14-12-10-8-6-4-2/h15,17,20-21,23-24,48-49,51-52H,3-14,16,18-19,22,25-47H2,1-2H3,(H,54,55)/b17-15-,21-20-,24-23-. The lowest BCUT2D eigenvalue weighted by Crippen LogP contribution is -2.29. The minimum atomic E-state index is -4.52. The second-order valence-electron chi connectivity index (χ2n) is 16.8. The highest BCUT2D eigenvalue weighted by Gasteiger charge is 2.26. The summed E-state index contributed by atoms with van der Waals surface area (Å²) in [5, 5.41) is 18.4. The highest BCUT2D eigenvalue weighted by atomic mass is 31.2. The van der Waals surface area contributed by atoms with Gasteiger partial charge in [0.25, 0.3) is 0 Å². The zero-order valence-corrected chi connectivity index (χ0v) is 39.8. The number of carbonyl (C=O) groups excluding carboxylic acids is 1. The smallest absolute Gasteiger partial charge is 0.457 e. The molecule has 354 valence electrons. The fourth-order valence-corrected chi connectivity index (χ4v) is 7.80. The van der Waals surface area contributed by atoms with Crippen LogP contribution >= 0.6 is 7.82 Å². The quantitative estimate of drug-likeness (QED) is 0.0237. The number of hydrogen-bond acceptors (Lipinski definition) is 8. The fourth-order valence-electron chi connectivity index (χ4n) is 7.01. The third-order valence-corrected chi connectivity index (χ3v) is 11.8. The number of ether oxygens (including phenoxy) is 2. The molecule has 0 spiro atoms. The van der Waals surface area contributed by atoms with Crippen molar-refractivity contribution in [1.29, 1.82) is 0 Å². The van der Waals surface area contributed by atoms with E-state index in [1.54, 1.807) is 0 Å². The molecule has 0 aliphatic carbocycles. The van der Waals surface area contributed by atoms with Crippen LogP contribution in [0.4, 0.5) is 0 Å². The van der Waals surface area contributed by atoms with Crippen LogP contribution in [0, 0.1) is 0 Å². The third kappa shape index (κ3) is 46.2. The third-order valence-electron chi connectivity index (χ3n) is 10.8. The summed E-state index contributed by atoms with van der Waals surface area (Å²) in [7, 11) is -4.52. The summed E-state index contributed by atoms with van der Waals surface area (Å²) in [4.78, 5) is 22.6. The maximum atomic E-state index is 12.6. The van der Waals surface area contributed by atoms with Crippen LogP contribution in [-0.2, 0) is 27.9 Å². The molecule has 9 nitrogen and oxygen atoms in total. The molecule has 0 aliphatic rings. The predicted molar refractivity (Wildman–Crippen MR) is 251 cm³/mol. The van der Waals surface area contributed by atoms with E-state index in [-0.39, 0.29) is 25.6 Å². The molecule has 10 heteroatoms. The first-order valence-corrected chi connectivity index (χ1v) is 26.5. The number of aliphatic hydroxyl groups is 2. The number of allylic oxidation sites excluding steroid dienone is 6. The number of carbonyl (C=O) groups is 1. The van der Waals surface area contributed by atoms with E-state index in [4.69, 9.17) is 23.6 Å². The molecule has 0 saturated carbocycles. The molecule has 0 aromatic heterocycles. The van der Waals surface area contributed by atoms with Crippen LogP contribution in [0.3, 0.4) is 0 Å². The number of aliphatic hydroxyl groups excluding tert-OH is 2. The summed E-state index contributed by atoms with van der Waals surface area (Å²) in [6.07, 6.45) is 52.5. The molecule has 0 rings (SSSR count). The van der Waals surface area contributed by atoms with Gasteiger partial charge in [-0.3, -0.25) is 13.8 Å². The van der Waals surface area contributed by atoms with Gasteiger partial charge in [0.1, 0.15) is 12.2 Å². The summed E-state index contributed by atoms with van der Waals surface area (Å²) < 4.78 is 33.5. The zero-order chi connectivity index (χ0) is 43.9. The Bertz CT molecular complexity index is 1030. The van der Waals surface area contributed by atoms with Crippen molar-refractivity contribution in [3.8, 4) is 0 Å². The monoisotopic (exact) mass is 871 g/mol. The molecule has 3 N–H and O–H groups in total. The maximum absolute atomic E-state index is 12.6. The van der Waals surface area contributed by atoms with E-state index in [0.717, 1.165) is 51.4 Å². The molecule has 0 amide bonds. The summed E-state index contributed by atoms with van der Waals surface area (Å²) in [6, 6.07) is 0. The number of unbranched alkanes of at least 4 members (excludes halogenated alkanes) is 28. The molecule has 0 fully saturated rings. The SMILES string of the molecule is CCCCCCC/C=C\C/C=C\C/C=C\CCCCCCCCCCCOCC(COP(=O)(O)OCC(O)CO)OC(=O)CCCCCCCCCCCCCCCCC. The van der Waals surface area contributed by atoms with E-state index in [1.807, 2.05) is 0 Å². The first-order chi connectivity index (χ1) is 29.3. The molecular weight excluding hydrogens is 776 g/mol. The molecule has 0 aromatic rings. The van der Waals surface area contributed by atoms with Crippen LogP contribution in [0.5, 0.6) is 0 Å². The van der Waals surface area contributed by atoms with Crippen molar-refractivity contribution >= 4 is 13.8 Å². The Morgan fingerprint density at radius 2 is 0.900 bits per heavy atom. The number of rotatable bonds is 48. The van der Waals surface area contributed by atoms with Gasteiger partial charge in [-0.15, -0.1) is 0 Å². The average Bonchev–Trinajstić information content (AvgIpc) is 3.24. The van der Waals surface area contributed by atoms with Crippen molar-refractivity contribution in [2.24, 2.45) is 0 Å². The lowest BCUT2D eigenvalue weighted by molar-refractivity contribution is -0.154. The summed E-state index contributed by atoms with van der Waals surface area (Å²) in [5.74, 6) is -0.381. The first kappa shape index (κ1) is 58.7. The molecule has 0 radical (unpaired) electrons. The Morgan fingerprint density at radius 3 is 1.35 bits per heavy atom. The second kappa shape index (κ2) is 47.2. The van der Waals surface area contributed by atoms with Crippen molar-refractivity contribution in [1.82, 2.24) is 0 Å². The van der Waals surface area contributed by atoms with E-state index < -0.39 is 33.2 Å². The number of hydrogen-bond donors (Lipinski definition) is 3. The molecule has 0 aliphatic heterocycles.